The van der Waals surface area contributed by atoms with Crippen molar-refractivity contribution < 1.29 is 36.6 Å². The number of carbonyl (C=O) groups is 1. The summed E-state index contributed by atoms with van der Waals surface area (Å²) in [6.07, 6.45) is 2.72. The molecular formula is C25H20F4N4O5. The number of halogens is 4. The smallest absolute Gasteiger partial charge is 0.387 e. The standard InChI is InChI=1S/C25H20F4N4O5/c1-32-22(20-18(26)9-16(36-2)10-19(20)27)21(24(35)33(32)14-8-17(37-3)12-30-11-14)31-23(34)13-4-6-15(7-5-13)38-25(28)29/h4-12,25H,1-3H3,(H,31,34). The number of hydrogen-bond acceptors (Lipinski definition) is 6. The number of anilines is 1. The predicted molar refractivity (Wildman–Crippen MR) is 128 cm³/mol. The lowest BCUT2D eigenvalue weighted by molar-refractivity contribution is -0.0498. The minimum Gasteiger partial charge on any atom is -0.497 e. The van der Waals surface area contributed by atoms with Crippen molar-refractivity contribution in [3.05, 3.63) is 82.4 Å². The number of carbonyl (C=O) groups excluding carboxylic acids is 1. The summed E-state index contributed by atoms with van der Waals surface area (Å²) in [4.78, 5) is 30.6. The van der Waals surface area contributed by atoms with Crippen LogP contribution >= 0.6 is 0 Å². The van der Waals surface area contributed by atoms with E-state index < -0.39 is 41.0 Å². The summed E-state index contributed by atoms with van der Waals surface area (Å²) in [5.41, 5.74) is -2.03. The molecule has 0 bridgehead atoms. The van der Waals surface area contributed by atoms with Crippen LogP contribution in [0.25, 0.3) is 16.9 Å². The molecule has 4 aromatic rings. The second kappa shape index (κ2) is 10.7. The Labute approximate surface area is 212 Å². The SMILES string of the molecule is COc1cncc(-n2c(=O)c(NC(=O)c3ccc(OC(F)F)cc3)c(-c3c(F)cc(OC)cc3F)n2C)c1. The Kier molecular flexibility index (Phi) is 7.37. The van der Waals surface area contributed by atoms with Gasteiger partial charge in [0.15, 0.2) is 0 Å². The first-order valence-electron chi connectivity index (χ1n) is 10.9. The molecule has 1 N–H and O–H groups in total. The van der Waals surface area contributed by atoms with E-state index >= 15 is 8.78 Å². The van der Waals surface area contributed by atoms with Crippen molar-refractivity contribution in [1.82, 2.24) is 14.3 Å². The van der Waals surface area contributed by atoms with Gasteiger partial charge in [0, 0.05) is 30.8 Å². The molecule has 0 atom stereocenters. The van der Waals surface area contributed by atoms with Crippen LogP contribution in [0, 0.1) is 11.6 Å². The molecular weight excluding hydrogens is 512 g/mol. The molecule has 9 nitrogen and oxygen atoms in total. The highest BCUT2D eigenvalue weighted by Crippen LogP contribution is 2.34. The van der Waals surface area contributed by atoms with E-state index in [9.17, 15) is 18.4 Å². The van der Waals surface area contributed by atoms with Crippen LogP contribution in [0.1, 0.15) is 10.4 Å². The number of aromatic nitrogens is 3. The van der Waals surface area contributed by atoms with Gasteiger partial charge in [-0.1, -0.05) is 0 Å². The van der Waals surface area contributed by atoms with Gasteiger partial charge in [-0.3, -0.25) is 19.3 Å². The zero-order valence-corrected chi connectivity index (χ0v) is 20.2. The fraction of sp³-hybridized carbons (Fsp3) is 0.160. The molecule has 2 aromatic heterocycles. The molecule has 4 rings (SSSR count). The topological polar surface area (TPSA) is 96.6 Å². The molecule has 1 amide bonds. The Morgan fingerprint density at radius 2 is 1.58 bits per heavy atom. The van der Waals surface area contributed by atoms with Crippen molar-refractivity contribution in [3.8, 4) is 34.2 Å². The molecule has 2 aromatic carbocycles. The van der Waals surface area contributed by atoms with Crippen LogP contribution in [-0.4, -0.2) is 41.1 Å². The third-order valence-electron chi connectivity index (χ3n) is 5.51. The first-order valence-corrected chi connectivity index (χ1v) is 10.9. The highest BCUT2D eigenvalue weighted by molar-refractivity contribution is 6.06. The maximum absolute atomic E-state index is 15.1. The Balaban J connectivity index is 1.87. The molecule has 13 heteroatoms. The molecule has 2 heterocycles. The second-order valence-corrected chi connectivity index (χ2v) is 7.77. The van der Waals surface area contributed by atoms with Gasteiger partial charge in [-0.05, 0) is 24.3 Å². The lowest BCUT2D eigenvalue weighted by atomic mass is 10.1. The highest BCUT2D eigenvalue weighted by Gasteiger charge is 2.28. The number of pyridine rings is 1. The third kappa shape index (κ3) is 5.03. The lowest BCUT2D eigenvalue weighted by Crippen LogP contribution is -2.23. The molecule has 0 unspecified atom stereocenters. The zero-order valence-electron chi connectivity index (χ0n) is 20.2. The van der Waals surface area contributed by atoms with Gasteiger partial charge in [-0.15, -0.1) is 0 Å². The van der Waals surface area contributed by atoms with E-state index in [1.165, 1.54) is 51.9 Å². The van der Waals surface area contributed by atoms with E-state index in [0.29, 0.717) is 5.75 Å². The van der Waals surface area contributed by atoms with Crippen LogP contribution in [0.5, 0.6) is 17.2 Å². The number of methoxy groups -OCH3 is 2. The number of benzene rings is 2. The number of nitrogens with one attached hydrogen (secondary N) is 1. The van der Waals surface area contributed by atoms with E-state index in [2.05, 4.69) is 15.0 Å². The van der Waals surface area contributed by atoms with Crippen LogP contribution < -0.4 is 25.1 Å². The van der Waals surface area contributed by atoms with Gasteiger partial charge in [0.05, 0.1) is 37.9 Å². The Hall–Kier alpha value is -4.81. The molecule has 0 aliphatic heterocycles. The normalized spacial score (nSPS) is 10.9. The number of nitrogens with zero attached hydrogens (tertiary/aromatic N) is 3. The van der Waals surface area contributed by atoms with Crippen LogP contribution in [0.3, 0.4) is 0 Å². The summed E-state index contributed by atoms with van der Waals surface area (Å²) < 4.78 is 71.7. The van der Waals surface area contributed by atoms with E-state index in [1.807, 2.05) is 0 Å². The lowest BCUT2D eigenvalue weighted by Gasteiger charge is -2.13. The Morgan fingerprint density at radius 3 is 2.16 bits per heavy atom. The van der Waals surface area contributed by atoms with Gasteiger partial charge in [0.2, 0.25) is 0 Å². The summed E-state index contributed by atoms with van der Waals surface area (Å²) in [5, 5.41) is 2.40. The first kappa shape index (κ1) is 26.3. The first-order chi connectivity index (χ1) is 18.1. The van der Waals surface area contributed by atoms with Crippen molar-refractivity contribution in [1.29, 1.82) is 0 Å². The maximum Gasteiger partial charge on any atom is 0.387 e. The molecule has 0 aliphatic carbocycles. The second-order valence-electron chi connectivity index (χ2n) is 7.77. The van der Waals surface area contributed by atoms with Crippen LogP contribution in [0.15, 0.2) is 59.7 Å². The Morgan fingerprint density at radius 1 is 0.947 bits per heavy atom. The van der Waals surface area contributed by atoms with Crippen molar-refractivity contribution in [2.45, 2.75) is 6.61 Å². The van der Waals surface area contributed by atoms with Crippen molar-refractivity contribution in [2.24, 2.45) is 7.05 Å². The Bertz CT molecular complexity index is 1530. The van der Waals surface area contributed by atoms with Crippen LogP contribution in [0.2, 0.25) is 0 Å². The fourth-order valence-electron chi connectivity index (χ4n) is 3.80. The van der Waals surface area contributed by atoms with Crippen LogP contribution in [0.4, 0.5) is 23.2 Å². The van der Waals surface area contributed by atoms with Gasteiger partial charge >= 0.3 is 6.61 Å². The highest BCUT2D eigenvalue weighted by atomic mass is 19.3. The van der Waals surface area contributed by atoms with Gasteiger partial charge in [-0.25, -0.2) is 13.5 Å². The van der Waals surface area contributed by atoms with Crippen molar-refractivity contribution in [2.75, 3.05) is 19.5 Å². The average molecular weight is 532 g/mol. The van der Waals surface area contributed by atoms with Gasteiger partial charge in [0.25, 0.3) is 11.5 Å². The van der Waals surface area contributed by atoms with Crippen LogP contribution in [-0.2, 0) is 7.05 Å². The van der Waals surface area contributed by atoms with E-state index in [4.69, 9.17) is 9.47 Å². The zero-order chi connectivity index (χ0) is 27.6. The minimum absolute atomic E-state index is 0.0360. The van der Waals surface area contributed by atoms with Crippen molar-refractivity contribution >= 4 is 11.6 Å². The largest absolute Gasteiger partial charge is 0.497 e. The van der Waals surface area contributed by atoms with E-state index in [0.717, 1.165) is 33.6 Å². The molecule has 0 radical (unpaired) electrons. The average Bonchev–Trinajstić information content (AvgIpc) is 3.12. The molecule has 0 aliphatic rings. The number of hydrogen-bond donors (Lipinski definition) is 1. The summed E-state index contributed by atoms with van der Waals surface area (Å²) >= 11 is 0. The van der Waals surface area contributed by atoms with Crippen molar-refractivity contribution in [3.63, 3.8) is 0 Å². The van der Waals surface area contributed by atoms with Gasteiger partial charge in [0.1, 0.15) is 40.3 Å². The summed E-state index contributed by atoms with van der Waals surface area (Å²) in [6, 6.07) is 7.98. The quantitative estimate of drug-likeness (QED) is 0.338. The predicted octanol–water partition coefficient (Wildman–Crippen LogP) is 4.39. The summed E-state index contributed by atoms with van der Waals surface area (Å²) in [7, 11) is 4.00. The number of ether oxygens (including phenoxy) is 3. The van der Waals surface area contributed by atoms with Gasteiger partial charge in [-0.2, -0.15) is 8.78 Å². The summed E-state index contributed by atoms with van der Waals surface area (Å²) in [5.74, 6) is -2.93. The third-order valence-corrected chi connectivity index (χ3v) is 5.51. The molecule has 0 saturated heterocycles. The van der Waals surface area contributed by atoms with E-state index in [1.54, 1.807) is 0 Å². The maximum atomic E-state index is 15.1. The molecule has 0 fully saturated rings. The molecule has 38 heavy (non-hydrogen) atoms. The number of amides is 1. The molecule has 198 valence electrons. The summed E-state index contributed by atoms with van der Waals surface area (Å²) in [6.45, 7) is -3.06. The molecule has 0 saturated carbocycles. The monoisotopic (exact) mass is 532 g/mol. The molecule has 0 spiro atoms. The van der Waals surface area contributed by atoms with Gasteiger partial charge < -0.3 is 19.5 Å². The number of rotatable bonds is 8. The number of alkyl halides is 2. The fourth-order valence-corrected chi connectivity index (χ4v) is 3.80. The minimum atomic E-state index is -3.06. The van der Waals surface area contributed by atoms with E-state index in [-0.39, 0.29) is 28.4 Å².